The third-order valence-electron chi connectivity index (χ3n) is 3.45. The molecule has 100 valence electrons. The van der Waals surface area contributed by atoms with Crippen molar-refractivity contribution in [1.29, 1.82) is 0 Å². The fourth-order valence-corrected chi connectivity index (χ4v) is 5.00. The second kappa shape index (κ2) is 5.10. The predicted molar refractivity (Wildman–Crippen MR) is 83.5 cm³/mol. The van der Waals surface area contributed by atoms with Crippen LogP contribution >= 0.6 is 23.1 Å². The summed E-state index contributed by atoms with van der Waals surface area (Å²) < 4.78 is 1.44. The highest BCUT2D eigenvalue weighted by atomic mass is 32.2. The molecule has 0 saturated heterocycles. The molecule has 2 atom stereocenters. The Morgan fingerprint density at radius 1 is 1.32 bits per heavy atom. The lowest BCUT2D eigenvalue weighted by Crippen LogP contribution is -2.18. The normalized spacial score (nSPS) is 22.0. The lowest BCUT2D eigenvalue weighted by molar-refractivity contribution is 0.471. The molecule has 0 saturated carbocycles. The van der Waals surface area contributed by atoms with Crippen LogP contribution in [0.4, 0.5) is 5.69 Å². The number of rotatable bonds is 2. The van der Waals surface area contributed by atoms with Crippen LogP contribution in [0.5, 0.6) is 5.75 Å². The van der Waals surface area contributed by atoms with E-state index in [0.717, 1.165) is 17.7 Å². The first-order chi connectivity index (χ1) is 9.13. The van der Waals surface area contributed by atoms with E-state index in [0.29, 0.717) is 17.0 Å². The number of hydrogen-bond acceptors (Lipinski definition) is 4. The molecule has 2 nitrogen and oxygen atoms in total. The molecule has 2 N–H and O–H groups in total. The van der Waals surface area contributed by atoms with E-state index in [1.807, 2.05) is 42.2 Å². The van der Waals surface area contributed by atoms with Gasteiger partial charge in [0.2, 0.25) is 0 Å². The van der Waals surface area contributed by atoms with Gasteiger partial charge < -0.3 is 10.4 Å². The second-order valence-electron chi connectivity index (χ2n) is 5.03. The smallest absolute Gasteiger partial charge is 0.118 e. The fraction of sp³-hybridized carbons (Fsp3) is 0.333. The molecule has 3 rings (SSSR count). The number of phenols is 1. The summed E-state index contributed by atoms with van der Waals surface area (Å²) in [7, 11) is 0. The number of aromatic hydroxyl groups is 1. The molecule has 1 aromatic heterocycles. The van der Waals surface area contributed by atoms with Crippen LogP contribution in [0.15, 0.2) is 33.9 Å². The van der Waals surface area contributed by atoms with Crippen LogP contribution in [-0.4, -0.2) is 10.4 Å². The lowest BCUT2D eigenvalue weighted by Gasteiger charge is -2.28. The minimum absolute atomic E-state index is 0.356. The maximum absolute atomic E-state index is 9.59. The Morgan fingerprint density at radius 3 is 2.95 bits per heavy atom. The number of hydrogen-bond donors (Lipinski definition) is 2. The maximum Gasteiger partial charge on any atom is 0.118 e. The Balaban J connectivity index is 1.86. The summed E-state index contributed by atoms with van der Waals surface area (Å²) in [6.45, 7) is 4.21. The highest BCUT2D eigenvalue weighted by Crippen LogP contribution is 2.45. The summed E-state index contributed by atoms with van der Waals surface area (Å²) in [6.07, 6.45) is 1.13. The minimum atomic E-state index is 0.356. The van der Waals surface area contributed by atoms with Crippen molar-refractivity contribution >= 4 is 28.8 Å². The molecule has 1 aliphatic rings. The van der Waals surface area contributed by atoms with Crippen LogP contribution < -0.4 is 5.32 Å². The first kappa shape index (κ1) is 12.9. The maximum atomic E-state index is 9.59. The highest BCUT2D eigenvalue weighted by Gasteiger charge is 2.26. The van der Waals surface area contributed by atoms with E-state index in [1.54, 1.807) is 6.07 Å². The molecule has 0 radical (unpaired) electrons. The van der Waals surface area contributed by atoms with E-state index in [1.165, 1.54) is 9.77 Å². The van der Waals surface area contributed by atoms with Crippen molar-refractivity contribution < 1.29 is 5.11 Å². The predicted octanol–water partition coefficient (Wildman–Crippen LogP) is 4.80. The number of fused-ring (bicyclic) bond motifs is 1. The highest BCUT2D eigenvalue weighted by molar-refractivity contribution is 8.01. The van der Waals surface area contributed by atoms with Crippen molar-refractivity contribution in [1.82, 2.24) is 0 Å². The zero-order valence-electron chi connectivity index (χ0n) is 11.0. The molecule has 0 aliphatic carbocycles. The number of thiophene rings is 1. The first-order valence-electron chi connectivity index (χ1n) is 6.43. The van der Waals surface area contributed by atoms with Crippen molar-refractivity contribution in [2.24, 2.45) is 0 Å². The minimum Gasteiger partial charge on any atom is -0.508 e. The van der Waals surface area contributed by atoms with Gasteiger partial charge in [0.25, 0.3) is 0 Å². The molecule has 19 heavy (non-hydrogen) atoms. The topological polar surface area (TPSA) is 32.3 Å². The van der Waals surface area contributed by atoms with Crippen molar-refractivity contribution in [2.45, 2.75) is 35.8 Å². The summed E-state index contributed by atoms with van der Waals surface area (Å²) >= 11 is 3.81. The molecule has 2 aromatic rings. The van der Waals surface area contributed by atoms with Crippen molar-refractivity contribution in [3.05, 3.63) is 40.8 Å². The van der Waals surface area contributed by atoms with Crippen LogP contribution in [0, 0.1) is 6.92 Å². The lowest BCUT2D eigenvalue weighted by atomic mass is 10.0. The molecule has 0 spiro atoms. The van der Waals surface area contributed by atoms with Crippen molar-refractivity contribution in [2.75, 3.05) is 5.32 Å². The van der Waals surface area contributed by atoms with Crippen LogP contribution in [0.3, 0.4) is 0 Å². The summed E-state index contributed by atoms with van der Waals surface area (Å²) in [4.78, 5) is 0. The van der Waals surface area contributed by atoms with Gasteiger partial charge in [-0.2, -0.15) is 0 Å². The molecule has 4 heteroatoms. The van der Waals surface area contributed by atoms with Gasteiger partial charge in [0, 0.05) is 10.9 Å². The molecule has 1 aliphatic heterocycles. The van der Waals surface area contributed by atoms with Gasteiger partial charge in [0.1, 0.15) is 5.75 Å². The fourth-order valence-electron chi connectivity index (χ4n) is 2.43. The van der Waals surface area contributed by atoms with Gasteiger partial charge in [-0.3, -0.25) is 0 Å². The molecular weight excluding hydrogens is 274 g/mol. The van der Waals surface area contributed by atoms with Crippen LogP contribution in [-0.2, 0) is 0 Å². The van der Waals surface area contributed by atoms with E-state index in [-0.39, 0.29) is 0 Å². The van der Waals surface area contributed by atoms with Crippen LogP contribution in [0.1, 0.15) is 30.5 Å². The van der Waals surface area contributed by atoms with Gasteiger partial charge >= 0.3 is 0 Å². The Hall–Kier alpha value is -1.13. The molecule has 0 fully saturated rings. The van der Waals surface area contributed by atoms with Crippen molar-refractivity contribution in [3.63, 3.8) is 0 Å². The summed E-state index contributed by atoms with van der Waals surface area (Å²) in [5.74, 6) is 0.356. The monoisotopic (exact) mass is 291 g/mol. The molecular formula is C15H17NOS2. The van der Waals surface area contributed by atoms with Gasteiger partial charge in [-0.15, -0.1) is 23.1 Å². The summed E-state index contributed by atoms with van der Waals surface area (Å²) in [6, 6.07) is 8.31. The third-order valence-corrected chi connectivity index (χ3v) is 5.79. The summed E-state index contributed by atoms with van der Waals surface area (Å²) in [5.41, 5.74) is 3.41. The van der Waals surface area contributed by atoms with Gasteiger partial charge in [-0.1, -0.05) is 6.92 Å². The van der Waals surface area contributed by atoms with Gasteiger partial charge in [0.15, 0.2) is 0 Å². The largest absolute Gasteiger partial charge is 0.508 e. The molecule has 0 amide bonds. The van der Waals surface area contributed by atoms with Crippen LogP contribution in [0.25, 0.3) is 0 Å². The molecule has 0 bridgehead atoms. The number of anilines is 1. The Bertz CT molecular complexity index is 594. The standard InChI is InChI=1S/C15H17NOS2/c1-9-7-11(3-4-14(9)17)16-13-8-10(2)19-15-12(13)5-6-18-15/h3-7,10,13,16-17H,8H2,1-2H3/t10-,13?/m0/s1. The molecule has 1 unspecified atom stereocenters. The van der Waals surface area contributed by atoms with Crippen molar-refractivity contribution in [3.8, 4) is 5.75 Å². The average Bonchev–Trinajstić information content (AvgIpc) is 2.82. The van der Waals surface area contributed by atoms with Gasteiger partial charge in [0.05, 0.1) is 10.3 Å². The number of benzene rings is 1. The molecule has 1 aromatic carbocycles. The number of thioether (sulfide) groups is 1. The van der Waals surface area contributed by atoms with Gasteiger partial charge in [-0.05, 0) is 54.1 Å². The van der Waals surface area contributed by atoms with E-state index in [9.17, 15) is 5.11 Å². The molecule has 2 heterocycles. The number of phenolic OH excluding ortho intramolecular Hbond substituents is 1. The third kappa shape index (κ3) is 2.60. The second-order valence-corrected chi connectivity index (χ2v) is 7.65. The first-order valence-corrected chi connectivity index (χ1v) is 8.19. The Labute approximate surface area is 121 Å². The Kier molecular flexibility index (Phi) is 3.46. The van der Waals surface area contributed by atoms with Gasteiger partial charge in [-0.25, -0.2) is 0 Å². The quantitative estimate of drug-likeness (QED) is 0.780. The van der Waals surface area contributed by atoms with E-state index in [2.05, 4.69) is 23.7 Å². The zero-order chi connectivity index (χ0) is 13.4. The summed E-state index contributed by atoms with van der Waals surface area (Å²) in [5, 5.41) is 16.0. The SMILES string of the molecule is Cc1cc(NC2C[C@H](C)Sc3sccc32)ccc1O. The van der Waals surface area contributed by atoms with E-state index >= 15 is 0 Å². The average molecular weight is 291 g/mol. The number of aryl methyl sites for hydroxylation is 1. The Morgan fingerprint density at radius 2 is 2.16 bits per heavy atom. The van der Waals surface area contributed by atoms with E-state index < -0.39 is 0 Å². The zero-order valence-corrected chi connectivity index (χ0v) is 12.6. The number of nitrogens with one attached hydrogen (secondary N) is 1. The van der Waals surface area contributed by atoms with Crippen LogP contribution in [0.2, 0.25) is 0 Å². The van der Waals surface area contributed by atoms with E-state index in [4.69, 9.17) is 0 Å².